The Morgan fingerprint density at radius 2 is 1.80 bits per heavy atom. The minimum absolute atomic E-state index is 0.123. The first-order valence-corrected chi connectivity index (χ1v) is 9.62. The van der Waals surface area contributed by atoms with Crippen molar-refractivity contribution in [1.29, 1.82) is 0 Å². The highest BCUT2D eigenvalue weighted by molar-refractivity contribution is 5.94. The fourth-order valence-corrected chi connectivity index (χ4v) is 3.46. The average Bonchev–Trinajstić information content (AvgIpc) is 3.20. The Kier molecular flexibility index (Phi) is 5.72. The van der Waals surface area contributed by atoms with Crippen LogP contribution in [0.2, 0.25) is 0 Å². The van der Waals surface area contributed by atoms with E-state index in [0.29, 0.717) is 49.9 Å². The molecule has 2 aliphatic heterocycles. The van der Waals surface area contributed by atoms with E-state index in [1.165, 1.54) is 6.07 Å². The lowest BCUT2D eigenvalue weighted by Gasteiger charge is -2.31. The molecule has 160 valence electrons. The summed E-state index contributed by atoms with van der Waals surface area (Å²) in [5.74, 6) is 0.921. The number of amides is 1. The third-order valence-electron chi connectivity index (χ3n) is 5.03. The fraction of sp³-hybridized carbons (Fsp3) is 0.381. The molecule has 0 bridgehead atoms. The Hall–Kier alpha value is -2.94. The van der Waals surface area contributed by atoms with Crippen molar-refractivity contribution < 1.29 is 32.2 Å². The molecule has 2 aromatic carbocycles. The van der Waals surface area contributed by atoms with Crippen LogP contribution in [0.5, 0.6) is 11.5 Å². The van der Waals surface area contributed by atoms with Gasteiger partial charge in [-0.25, -0.2) is 0 Å². The highest BCUT2D eigenvalue weighted by atomic mass is 19.4. The van der Waals surface area contributed by atoms with Crippen LogP contribution in [0, 0.1) is 0 Å². The lowest BCUT2D eigenvalue weighted by Crippen LogP contribution is -2.36. The van der Waals surface area contributed by atoms with E-state index in [1.54, 1.807) is 12.1 Å². The van der Waals surface area contributed by atoms with Gasteiger partial charge in [-0.2, -0.15) is 13.2 Å². The number of morpholine rings is 1. The molecule has 2 heterocycles. The van der Waals surface area contributed by atoms with Gasteiger partial charge >= 0.3 is 6.18 Å². The van der Waals surface area contributed by atoms with Crippen LogP contribution < -0.4 is 19.7 Å². The third kappa shape index (κ3) is 4.62. The molecule has 0 spiro atoms. The van der Waals surface area contributed by atoms with Gasteiger partial charge in [0.05, 0.1) is 30.2 Å². The lowest BCUT2D eigenvalue weighted by molar-refractivity contribution is -0.137. The van der Waals surface area contributed by atoms with Crippen molar-refractivity contribution >= 4 is 17.3 Å². The number of ether oxygens (including phenoxy) is 3. The number of anilines is 2. The normalized spacial score (nSPS) is 15.9. The van der Waals surface area contributed by atoms with Crippen molar-refractivity contribution in [2.24, 2.45) is 0 Å². The van der Waals surface area contributed by atoms with Gasteiger partial charge in [-0.3, -0.25) is 4.79 Å². The van der Waals surface area contributed by atoms with Gasteiger partial charge in [-0.05, 0) is 42.3 Å². The molecule has 30 heavy (non-hydrogen) atoms. The number of carbonyl (C=O) groups is 1. The van der Waals surface area contributed by atoms with Gasteiger partial charge in [0, 0.05) is 19.5 Å². The standard InChI is InChI=1S/C21H21F3N2O4/c22-21(23,24)15-3-4-17(26-7-9-28-10-8-26)16(12-15)25-20(27)6-2-14-1-5-18-19(11-14)30-13-29-18/h1,3-5,11-12H,2,6-10,13H2,(H,25,27). The smallest absolute Gasteiger partial charge is 0.416 e. The van der Waals surface area contributed by atoms with Crippen LogP contribution in [0.3, 0.4) is 0 Å². The van der Waals surface area contributed by atoms with Crippen molar-refractivity contribution in [3.8, 4) is 11.5 Å². The zero-order valence-corrected chi connectivity index (χ0v) is 16.1. The van der Waals surface area contributed by atoms with E-state index < -0.39 is 11.7 Å². The molecule has 1 amide bonds. The molecular formula is C21H21F3N2O4. The Morgan fingerprint density at radius 3 is 2.57 bits per heavy atom. The van der Waals surface area contributed by atoms with E-state index in [2.05, 4.69) is 5.32 Å². The molecule has 1 saturated heterocycles. The first-order chi connectivity index (χ1) is 14.4. The predicted octanol–water partition coefficient (Wildman–Crippen LogP) is 3.84. The van der Waals surface area contributed by atoms with E-state index in [0.717, 1.165) is 17.7 Å². The van der Waals surface area contributed by atoms with Gasteiger partial charge in [0.15, 0.2) is 11.5 Å². The number of aryl methyl sites for hydroxylation is 1. The lowest BCUT2D eigenvalue weighted by atomic mass is 10.1. The molecule has 0 saturated carbocycles. The zero-order chi connectivity index (χ0) is 21.1. The molecule has 0 atom stereocenters. The predicted molar refractivity (Wildman–Crippen MR) is 104 cm³/mol. The molecule has 1 N–H and O–H groups in total. The van der Waals surface area contributed by atoms with Gasteiger partial charge in [0.25, 0.3) is 0 Å². The number of alkyl halides is 3. The summed E-state index contributed by atoms with van der Waals surface area (Å²) in [5, 5.41) is 2.67. The summed E-state index contributed by atoms with van der Waals surface area (Å²) in [5.41, 5.74) is 0.794. The van der Waals surface area contributed by atoms with Crippen LogP contribution in [-0.4, -0.2) is 39.0 Å². The maximum Gasteiger partial charge on any atom is 0.416 e. The van der Waals surface area contributed by atoms with Gasteiger partial charge in [-0.15, -0.1) is 0 Å². The van der Waals surface area contributed by atoms with Crippen LogP contribution in [0.4, 0.5) is 24.5 Å². The molecule has 0 unspecified atom stereocenters. The van der Waals surface area contributed by atoms with E-state index in [-0.39, 0.29) is 24.8 Å². The van der Waals surface area contributed by atoms with Gasteiger partial charge in [-0.1, -0.05) is 6.07 Å². The van der Waals surface area contributed by atoms with Crippen molar-refractivity contribution in [1.82, 2.24) is 0 Å². The Labute approximate surface area is 171 Å². The minimum Gasteiger partial charge on any atom is -0.454 e. The van der Waals surface area contributed by atoms with Crippen molar-refractivity contribution in [2.75, 3.05) is 43.3 Å². The maximum atomic E-state index is 13.2. The monoisotopic (exact) mass is 422 g/mol. The second-order valence-electron chi connectivity index (χ2n) is 7.06. The van der Waals surface area contributed by atoms with Crippen molar-refractivity contribution in [2.45, 2.75) is 19.0 Å². The minimum atomic E-state index is -4.49. The summed E-state index contributed by atoms with van der Waals surface area (Å²) in [7, 11) is 0. The molecule has 9 heteroatoms. The molecule has 2 aromatic rings. The molecule has 0 radical (unpaired) electrons. The van der Waals surface area contributed by atoms with E-state index >= 15 is 0 Å². The number of hydrogen-bond acceptors (Lipinski definition) is 5. The average molecular weight is 422 g/mol. The third-order valence-corrected chi connectivity index (χ3v) is 5.03. The first kappa shape index (κ1) is 20.3. The molecule has 0 aromatic heterocycles. The molecule has 1 fully saturated rings. The highest BCUT2D eigenvalue weighted by Gasteiger charge is 2.32. The number of nitrogens with one attached hydrogen (secondary N) is 1. The van der Waals surface area contributed by atoms with Crippen LogP contribution in [-0.2, 0) is 22.1 Å². The summed E-state index contributed by atoms with van der Waals surface area (Å²) >= 11 is 0. The molecule has 4 rings (SSSR count). The zero-order valence-electron chi connectivity index (χ0n) is 16.1. The van der Waals surface area contributed by atoms with Crippen molar-refractivity contribution in [3.63, 3.8) is 0 Å². The number of rotatable bonds is 5. The summed E-state index contributed by atoms with van der Waals surface area (Å²) < 4.78 is 55.5. The number of benzene rings is 2. The Bertz CT molecular complexity index is 927. The Balaban J connectivity index is 1.47. The van der Waals surface area contributed by atoms with E-state index in [9.17, 15) is 18.0 Å². The van der Waals surface area contributed by atoms with E-state index in [1.807, 2.05) is 11.0 Å². The van der Waals surface area contributed by atoms with Gasteiger partial charge in [0.1, 0.15) is 0 Å². The summed E-state index contributed by atoms with van der Waals surface area (Å²) in [6.07, 6.45) is -3.94. The molecular weight excluding hydrogens is 401 g/mol. The summed E-state index contributed by atoms with van der Waals surface area (Å²) in [4.78, 5) is 14.4. The number of carbonyl (C=O) groups excluding carboxylic acids is 1. The van der Waals surface area contributed by atoms with Crippen LogP contribution in [0.25, 0.3) is 0 Å². The first-order valence-electron chi connectivity index (χ1n) is 9.62. The number of nitrogens with zero attached hydrogens (tertiary/aromatic N) is 1. The largest absolute Gasteiger partial charge is 0.454 e. The SMILES string of the molecule is O=C(CCc1ccc2c(c1)OCO2)Nc1cc(C(F)(F)F)ccc1N1CCOCC1. The second kappa shape index (κ2) is 8.43. The topological polar surface area (TPSA) is 60.0 Å². The number of hydrogen-bond donors (Lipinski definition) is 1. The van der Waals surface area contributed by atoms with Crippen LogP contribution in [0.15, 0.2) is 36.4 Å². The molecule has 6 nitrogen and oxygen atoms in total. The highest BCUT2D eigenvalue weighted by Crippen LogP contribution is 2.36. The van der Waals surface area contributed by atoms with Crippen LogP contribution >= 0.6 is 0 Å². The fourth-order valence-electron chi connectivity index (χ4n) is 3.46. The van der Waals surface area contributed by atoms with Gasteiger partial charge in [0.2, 0.25) is 12.7 Å². The number of fused-ring (bicyclic) bond motifs is 1. The summed E-state index contributed by atoms with van der Waals surface area (Å²) in [6, 6.07) is 8.85. The molecule has 2 aliphatic rings. The van der Waals surface area contributed by atoms with Gasteiger partial charge < -0.3 is 24.4 Å². The van der Waals surface area contributed by atoms with Crippen molar-refractivity contribution in [3.05, 3.63) is 47.5 Å². The maximum absolute atomic E-state index is 13.2. The van der Waals surface area contributed by atoms with E-state index in [4.69, 9.17) is 14.2 Å². The van der Waals surface area contributed by atoms with Crippen LogP contribution in [0.1, 0.15) is 17.5 Å². The number of halogens is 3. The quantitative estimate of drug-likeness (QED) is 0.794. The summed E-state index contributed by atoms with van der Waals surface area (Å²) in [6.45, 7) is 2.23. The molecule has 0 aliphatic carbocycles. The Morgan fingerprint density at radius 1 is 1.03 bits per heavy atom. The second-order valence-corrected chi connectivity index (χ2v) is 7.06.